The maximum atomic E-state index is 5.17. The molecule has 0 unspecified atom stereocenters. The van der Waals surface area contributed by atoms with Crippen LogP contribution in [0.4, 0.5) is 17.1 Å². The Morgan fingerprint density at radius 2 is 1.33 bits per heavy atom. The van der Waals surface area contributed by atoms with E-state index in [1.807, 2.05) is 60.9 Å². The van der Waals surface area contributed by atoms with E-state index in [-0.39, 0.29) is 0 Å². The molecule has 9 aromatic rings. The first kappa shape index (κ1) is 26.5. The topological polar surface area (TPSA) is 72.6 Å². The minimum Gasteiger partial charge on any atom is -0.307 e. The second-order valence-electron chi connectivity index (χ2n) is 11.8. The summed E-state index contributed by atoms with van der Waals surface area (Å²) in [5.41, 5.74) is 9.90. The average molecular weight is 616 g/mol. The molecule has 1 aliphatic rings. The Bertz CT molecular complexity index is 2610. The molecule has 6 heterocycles. The number of hydrogen-bond acceptors (Lipinski definition) is 6. The van der Waals surface area contributed by atoms with Gasteiger partial charge in [-0.1, -0.05) is 66.7 Å². The van der Waals surface area contributed by atoms with Gasteiger partial charge in [0.2, 0.25) is 0 Å². The lowest BCUT2D eigenvalue weighted by molar-refractivity contribution is 1.03. The van der Waals surface area contributed by atoms with Gasteiger partial charge in [-0.25, -0.2) is 9.97 Å². The molecule has 0 aliphatic carbocycles. The molecule has 0 fully saturated rings. The highest BCUT2D eigenvalue weighted by Crippen LogP contribution is 2.54. The number of benzene rings is 4. The number of nitrogens with zero attached hydrogens (tertiary/aromatic N) is 7. The Morgan fingerprint density at radius 3 is 2.15 bits per heavy atom. The van der Waals surface area contributed by atoms with Crippen LogP contribution in [-0.2, 0) is 0 Å². The van der Waals surface area contributed by atoms with Gasteiger partial charge in [0.1, 0.15) is 11.5 Å². The SMILES string of the molecule is c1ccc(-c2cc(-n3c4ccccc4c4c5c(ccc43)-c3cccc4cccc(c34)N5c3cccnc3)nc(-c3ccccn3)n2)nc1. The van der Waals surface area contributed by atoms with Crippen LogP contribution < -0.4 is 4.90 Å². The molecule has 0 saturated carbocycles. The number of rotatable bonds is 4. The fourth-order valence-corrected chi connectivity index (χ4v) is 7.15. The predicted molar refractivity (Wildman–Crippen MR) is 192 cm³/mol. The number of hydrogen-bond donors (Lipinski definition) is 0. The van der Waals surface area contributed by atoms with Crippen LogP contribution in [-0.4, -0.2) is 29.5 Å². The lowest BCUT2D eigenvalue weighted by Gasteiger charge is -2.34. The summed E-state index contributed by atoms with van der Waals surface area (Å²) in [6, 6.07) is 43.9. The third-order valence-electron chi connectivity index (χ3n) is 9.12. The number of anilines is 3. The molecule has 7 heteroatoms. The van der Waals surface area contributed by atoms with Gasteiger partial charge in [0.25, 0.3) is 0 Å². The first-order chi connectivity index (χ1) is 23.8. The molecule has 224 valence electrons. The van der Waals surface area contributed by atoms with Crippen molar-refractivity contribution in [2.24, 2.45) is 0 Å². The van der Waals surface area contributed by atoms with E-state index in [0.717, 1.165) is 56.1 Å². The Kier molecular flexibility index (Phi) is 5.74. The van der Waals surface area contributed by atoms with Crippen molar-refractivity contribution in [3.8, 4) is 39.9 Å². The molecular weight excluding hydrogens is 591 g/mol. The van der Waals surface area contributed by atoms with Crippen LogP contribution in [0.1, 0.15) is 0 Å². The van der Waals surface area contributed by atoms with Crippen molar-refractivity contribution in [2.75, 3.05) is 4.90 Å². The smallest absolute Gasteiger partial charge is 0.180 e. The molecule has 1 aliphatic heterocycles. The van der Waals surface area contributed by atoms with E-state index in [1.165, 1.54) is 21.9 Å². The first-order valence-corrected chi connectivity index (χ1v) is 15.8. The van der Waals surface area contributed by atoms with Crippen LogP contribution >= 0.6 is 0 Å². The molecule has 0 spiro atoms. The fraction of sp³-hybridized carbons (Fsp3) is 0. The molecule has 0 radical (unpaired) electrons. The zero-order valence-electron chi connectivity index (χ0n) is 25.6. The molecular formula is C41H25N7. The van der Waals surface area contributed by atoms with E-state index in [1.54, 1.807) is 12.4 Å². The summed E-state index contributed by atoms with van der Waals surface area (Å²) < 4.78 is 2.24. The van der Waals surface area contributed by atoms with E-state index in [9.17, 15) is 0 Å². The highest BCUT2D eigenvalue weighted by Gasteiger charge is 2.30. The Labute approximate surface area is 275 Å². The average Bonchev–Trinajstić information content (AvgIpc) is 3.51. The summed E-state index contributed by atoms with van der Waals surface area (Å²) >= 11 is 0. The van der Waals surface area contributed by atoms with Crippen LogP contribution in [0.2, 0.25) is 0 Å². The summed E-state index contributed by atoms with van der Waals surface area (Å²) in [6.45, 7) is 0. The van der Waals surface area contributed by atoms with Gasteiger partial charge in [-0.05, 0) is 65.5 Å². The molecule has 5 aromatic heterocycles. The zero-order chi connectivity index (χ0) is 31.6. The van der Waals surface area contributed by atoms with Gasteiger partial charge in [0.05, 0.1) is 45.7 Å². The summed E-state index contributed by atoms with van der Waals surface area (Å²) in [4.78, 5) is 26.3. The van der Waals surface area contributed by atoms with Crippen molar-refractivity contribution in [3.63, 3.8) is 0 Å². The Morgan fingerprint density at radius 1 is 0.521 bits per heavy atom. The molecule has 4 aromatic carbocycles. The molecule has 0 amide bonds. The maximum Gasteiger partial charge on any atom is 0.180 e. The van der Waals surface area contributed by atoms with Crippen LogP contribution in [0.25, 0.3) is 72.4 Å². The van der Waals surface area contributed by atoms with Crippen molar-refractivity contribution in [1.29, 1.82) is 0 Å². The van der Waals surface area contributed by atoms with Crippen LogP contribution in [0.5, 0.6) is 0 Å². The number of fused-ring (bicyclic) bond motifs is 6. The molecule has 10 rings (SSSR count). The molecule has 0 saturated heterocycles. The van der Waals surface area contributed by atoms with Crippen LogP contribution in [0.3, 0.4) is 0 Å². The fourth-order valence-electron chi connectivity index (χ4n) is 7.15. The van der Waals surface area contributed by atoms with Crippen molar-refractivity contribution >= 4 is 49.6 Å². The van der Waals surface area contributed by atoms with Crippen LogP contribution in [0.15, 0.2) is 152 Å². The molecule has 0 bridgehead atoms. The summed E-state index contributed by atoms with van der Waals surface area (Å²) in [6.07, 6.45) is 7.32. The van der Waals surface area contributed by atoms with Gasteiger partial charge in [0.15, 0.2) is 5.82 Å². The summed E-state index contributed by atoms with van der Waals surface area (Å²) in [5, 5.41) is 4.70. The molecule has 0 atom stereocenters. The van der Waals surface area contributed by atoms with E-state index in [2.05, 4.69) is 103 Å². The number of para-hydroxylation sites is 1. The third-order valence-corrected chi connectivity index (χ3v) is 9.12. The van der Waals surface area contributed by atoms with Gasteiger partial charge in [0, 0.05) is 46.4 Å². The quantitative estimate of drug-likeness (QED) is 0.196. The van der Waals surface area contributed by atoms with Gasteiger partial charge >= 0.3 is 0 Å². The molecule has 7 nitrogen and oxygen atoms in total. The molecule has 48 heavy (non-hydrogen) atoms. The van der Waals surface area contributed by atoms with E-state index in [0.29, 0.717) is 11.5 Å². The standard InChI is InChI=1S/C41H25N7/c1-2-17-34-30(13-1)39-36(48(34)37-24-33(31-15-3-5-22-43-31)45-41(46-37)32-16-4-6-23-44-32)20-19-29-28-14-7-10-26-11-8-18-35(38(26)28)47(40(29)39)27-12-9-21-42-25-27/h1-25H. The second kappa shape index (κ2) is 10.4. The van der Waals surface area contributed by atoms with Crippen LogP contribution in [0, 0.1) is 0 Å². The minimum atomic E-state index is 0.537. The highest BCUT2D eigenvalue weighted by molar-refractivity contribution is 6.24. The van der Waals surface area contributed by atoms with Gasteiger partial charge in [-0.2, -0.15) is 0 Å². The highest BCUT2D eigenvalue weighted by atomic mass is 15.2. The normalized spacial score (nSPS) is 12.1. The second-order valence-corrected chi connectivity index (χ2v) is 11.8. The van der Waals surface area contributed by atoms with Gasteiger partial charge in [-0.3, -0.25) is 19.5 Å². The van der Waals surface area contributed by atoms with Gasteiger partial charge in [-0.15, -0.1) is 0 Å². The van der Waals surface area contributed by atoms with Gasteiger partial charge < -0.3 is 4.90 Å². The van der Waals surface area contributed by atoms with Crippen molar-refractivity contribution in [2.45, 2.75) is 0 Å². The number of aromatic nitrogens is 6. The maximum absolute atomic E-state index is 5.17. The third kappa shape index (κ3) is 3.91. The lowest BCUT2D eigenvalue weighted by atomic mass is 9.89. The largest absolute Gasteiger partial charge is 0.307 e. The van der Waals surface area contributed by atoms with E-state index >= 15 is 0 Å². The lowest BCUT2D eigenvalue weighted by Crippen LogP contribution is -2.15. The zero-order valence-corrected chi connectivity index (χ0v) is 25.6. The Hall–Kier alpha value is -6.73. The summed E-state index contributed by atoms with van der Waals surface area (Å²) in [5.74, 6) is 1.28. The Balaban J connectivity index is 1.33. The monoisotopic (exact) mass is 615 g/mol. The predicted octanol–water partition coefficient (Wildman–Crippen LogP) is 9.70. The molecule has 0 N–H and O–H groups in total. The first-order valence-electron chi connectivity index (χ1n) is 15.8. The van der Waals surface area contributed by atoms with Crippen molar-refractivity contribution in [1.82, 2.24) is 29.5 Å². The number of pyridine rings is 3. The minimum absolute atomic E-state index is 0.537. The van der Waals surface area contributed by atoms with E-state index < -0.39 is 0 Å². The van der Waals surface area contributed by atoms with Crippen molar-refractivity contribution < 1.29 is 0 Å². The van der Waals surface area contributed by atoms with Crippen molar-refractivity contribution in [3.05, 3.63) is 152 Å². The summed E-state index contributed by atoms with van der Waals surface area (Å²) in [7, 11) is 0. The van der Waals surface area contributed by atoms with E-state index in [4.69, 9.17) is 9.97 Å².